The highest BCUT2D eigenvalue weighted by Crippen LogP contribution is 2.07. The third-order valence-electron chi connectivity index (χ3n) is 2.46. The van der Waals surface area contributed by atoms with E-state index in [2.05, 4.69) is 21.8 Å². The van der Waals surface area contributed by atoms with Crippen LogP contribution in [-0.2, 0) is 17.7 Å². The van der Waals surface area contributed by atoms with Gasteiger partial charge in [0, 0.05) is 31.4 Å². The van der Waals surface area contributed by atoms with Gasteiger partial charge in [-0.3, -0.25) is 0 Å². The van der Waals surface area contributed by atoms with Crippen molar-refractivity contribution in [2.24, 2.45) is 0 Å². The van der Waals surface area contributed by atoms with Crippen LogP contribution in [0.4, 0.5) is 4.79 Å². The van der Waals surface area contributed by atoms with Gasteiger partial charge in [0.1, 0.15) is 11.4 Å². The molecule has 0 aliphatic heterocycles. The topological polar surface area (TPSA) is 56.2 Å². The molecule has 5 heteroatoms. The summed E-state index contributed by atoms with van der Waals surface area (Å²) in [7, 11) is 0. The van der Waals surface area contributed by atoms with E-state index < -0.39 is 5.60 Å². The predicted octanol–water partition coefficient (Wildman–Crippen LogP) is 2.28. The van der Waals surface area contributed by atoms with Crippen molar-refractivity contribution in [1.29, 1.82) is 0 Å². The van der Waals surface area contributed by atoms with Gasteiger partial charge < -0.3 is 14.6 Å². The molecule has 1 amide bonds. The minimum Gasteiger partial charge on any atom is -0.444 e. The van der Waals surface area contributed by atoms with Crippen LogP contribution in [0.3, 0.4) is 0 Å². The molecule has 102 valence electrons. The van der Waals surface area contributed by atoms with Crippen LogP contribution in [0.2, 0.25) is 0 Å². The number of carbonyl (C=O) groups excluding carboxylic acids is 1. The Morgan fingerprint density at radius 2 is 2.17 bits per heavy atom. The van der Waals surface area contributed by atoms with Gasteiger partial charge >= 0.3 is 6.09 Å². The van der Waals surface area contributed by atoms with Crippen LogP contribution in [0, 0.1) is 6.92 Å². The molecule has 0 bridgehead atoms. The summed E-state index contributed by atoms with van der Waals surface area (Å²) >= 11 is 0. The largest absolute Gasteiger partial charge is 0.444 e. The molecule has 1 aromatic rings. The van der Waals surface area contributed by atoms with Crippen LogP contribution in [-0.4, -0.2) is 27.8 Å². The number of aromatic nitrogens is 2. The third-order valence-corrected chi connectivity index (χ3v) is 2.46. The summed E-state index contributed by atoms with van der Waals surface area (Å²) in [4.78, 5) is 15.8. The third kappa shape index (κ3) is 4.39. The van der Waals surface area contributed by atoms with Crippen molar-refractivity contribution in [3.05, 3.63) is 17.7 Å². The lowest BCUT2D eigenvalue weighted by Crippen LogP contribution is -2.34. The molecular formula is C13H23N3O2. The van der Waals surface area contributed by atoms with Crippen LogP contribution in [0.25, 0.3) is 0 Å². The van der Waals surface area contributed by atoms with Gasteiger partial charge in [0.15, 0.2) is 0 Å². The average molecular weight is 253 g/mol. The van der Waals surface area contributed by atoms with Gasteiger partial charge in [-0.1, -0.05) is 6.92 Å². The summed E-state index contributed by atoms with van der Waals surface area (Å²) in [6.45, 7) is 10.9. The fourth-order valence-electron chi connectivity index (χ4n) is 1.68. The number of ether oxygens (including phenoxy) is 1. The summed E-state index contributed by atoms with van der Waals surface area (Å²) in [5, 5.41) is 2.75. The Hall–Kier alpha value is -1.52. The Morgan fingerprint density at radius 3 is 2.72 bits per heavy atom. The molecule has 0 spiro atoms. The highest BCUT2D eigenvalue weighted by atomic mass is 16.6. The fourth-order valence-corrected chi connectivity index (χ4v) is 1.68. The van der Waals surface area contributed by atoms with Crippen molar-refractivity contribution in [2.45, 2.75) is 53.2 Å². The van der Waals surface area contributed by atoms with Gasteiger partial charge in [0.05, 0.1) is 0 Å². The minimum atomic E-state index is -0.455. The van der Waals surface area contributed by atoms with E-state index in [1.807, 2.05) is 33.9 Å². The van der Waals surface area contributed by atoms with Crippen LogP contribution in [0.1, 0.15) is 39.2 Å². The first-order valence-corrected chi connectivity index (χ1v) is 6.31. The summed E-state index contributed by atoms with van der Waals surface area (Å²) in [6.07, 6.45) is 2.37. The van der Waals surface area contributed by atoms with Crippen molar-refractivity contribution in [2.75, 3.05) is 6.54 Å². The monoisotopic (exact) mass is 253 g/mol. The maximum atomic E-state index is 11.5. The molecule has 0 atom stereocenters. The second-order valence-corrected chi connectivity index (χ2v) is 5.25. The fraction of sp³-hybridized carbons (Fsp3) is 0.692. The molecule has 5 nitrogen and oxygen atoms in total. The normalized spacial score (nSPS) is 11.4. The molecule has 0 unspecified atom stereocenters. The average Bonchev–Trinajstić information content (AvgIpc) is 2.57. The van der Waals surface area contributed by atoms with E-state index in [1.54, 1.807) is 0 Å². The van der Waals surface area contributed by atoms with Gasteiger partial charge in [0.25, 0.3) is 0 Å². The number of carbonyl (C=O) groups is 1. The number of rotatable bonds is 4. The zero-order chi connectivity index (χ0) is 13.8. The smallest absolute Gasteiger partial charge is 0.407 e. The molecule has 0 aliphatic carbocycles. The number of amides is 1. The molecular weight excluding hydrogens is 230 g/mol. The minimum absolute atomic E-state index is 0.377. The molecule has 0 radical (unpaired) electrons. The van der Waals surface area contributed by atoms with E-state index in [0.29, 0.717) is 13.1 Å². The van der Waals surface area contributed by atoms with E-state index in [4.69, 9.17) is 4.74 Å². The molecule has 0 aliphatic rings. The van der Waals surface area contributed by atoms with Gasteiger partial charge in [-0.05, 0) is 27.7 Å². The Morgan fingerprint density at radius 1 is 1.50 bits per heavy atom. The van der Waals surface area contributed by atoms with E-state index in [-0.39, 0.29) is 6.09 Å². The molecule has 0 fully saturated rings. The van der Waals surface area contributed by atoms with Crippen molar-refractivity contribution in [3.63, 3.8) is 0 Å². The lowest BCUT2D eigenvalue weighted by Gasteiger charge is -2.20. The summed E-state index contributed by atoms with van der Waals surface area (Å²) in [5.41, 5.74) is 0.654. The maximum absolute atomic E-state index is 11.5. The number of hydrogen-bond acceptors (Lipinski definition) is 3. The lowest BCUT2D eigenvalue weighted by atomic mass is 10.2. The molecule has 0 aromatic carbocycles. The van der Waals surface area contributed by atoms with E-state index in [9.17, 15) is 4.79 Å². The highest BCUT2D eigenvalue weighted by Gasteiger charge is 2.15. The standard InChI is InChI=1S/C13H23N3O2/c1-6-11-15-9-10(2)16(11)8-7-14-12(17)18-13(3,4)5/h9H,6-8H2,1-5H3,(H,14,17). The van der Waals surface area contributed by atoms with Crippen LogP contribution in [0.15, 0.2) is 6.20 Å². The molecule has 1 N–H and O–H groups in total. The number of hydrogen-bond donors (Lipinski definition) is 1. The van der Waals surface area contributed by atoms with Gasteiger partial charge in [-0.25, -0.2) is 9.78 Å². The zero-order valence-electron chi connectivity index (χ0n) is 11.9. The predicted molar refractivity (Wildman–Crippen MR) is 70.6 cm³/mol. The number of nitrogens with zero attached hydrogens (tertiary/aromatic N) is 2. The summed E-state index contributed by atoms with van der Waals surface area (Å²) in [5.74, 6) is 1.04. The molecule has 1 rings (SSSR count). The van der Waals surface area contributed by atoms with Crippen molar-refractivity contribution in [3.8, 4) is 0 Å². The number of aryl methyl sites for hydroxylation is 2. The Bertz CT molecular complexity index is 405. The zero-order valence-corrected chi connectivity index (χ0v) is 11.9. The van der Waals surface area contributed by atoms with Crippen LogP contribution in [0.5, 0.6) is 0 Å². The second kappa shape index (κ2) is 5.89. The van der Waals surface area contributed by atoms with Crippen LogP contribution >= 0.6 is 0 Å². The molecule has 1 aromatic heterocycles. The number of imidazole rings is 1. The molecule has 18 heavy (non-hydrogen) atoms. The second-order valence-electron chi connectivity index (χ2n) is 5.25. The first-order chi connectivity index (χ1) is 8.33. The first-order valence-electron chi connectivity index (χ1n) is 6.31. The Kier molecular flexibility index (Phi) is 4.76. The quantitative estimate of drug-likeness (QED) is 0.895. The number of nitrogens with one attached hydrogen (secondary N) is 1. The van der Waals surface area contributed by atoms with E-state index in [0.717, 1.165) is 17.9 Å². The highest BCUT2D eigenvalue weighted by molar-refractivity contribution is 5.67. The first kappa shape index (κ1) is 14.5. The van der Waals surface area contributed by atoms with Gasteiger partial charge in [0.2, 0.25) is 0 Å². The molecule has 0 saturated carbocycles. The maximum Gasteiger partial charge on any atom is 0.407 e. The lowest BCUT2D eigenvalue weighted by molar-refractivity contribution is 0.0526. The van der Waals surface area contributed by atoms with Crippen LogP contribution < -0.4 is 5.32 Å². The number of alkyl carbamates (subject to hydrolysis) is 1. The summed E-state index contributed by atoms with van der Waals surface area (Å²) in [6, 6.07) is 0. The van der Waals surface area contributed by atoms with E-state index >= 15 is 0 Å². The molecule has 1 heterocycles. The van der Waals surface area contributed by atoms with Crippen molar-refractivity contribution < 1.29 is 9.53 Å². The Labute approximate surface area is 109 Å². The van der Waals surface area contributed by atoms with Crippen molar-refractivity contribution >= 4 is 6.09 Å². The SMILES string of the molecule is CCc1ncc(C)n1CCNC(=O)OC(C)(C)C. The van der Waals surface area contributed by atoms with E-state index in [1.165, 1.54) is 0 Å². The summed E-state index contributed by atoms with van der Waals surface area (Å²) < 4.78 is 7.28. The Balaban J connectivity index is 2.42. The van der Waals surface area contributed by atoms with Gasteiger partial charge in [-0.2, -0.15) is 0 Å². The van der Waals surface area contributed by atoms with Crippen molar-refractivity contribution in [1.82, 2.24) is 14.9 Å². The molecule has 0 saturated heterocycles. The van der Waals surface area contributed by atoms with Gasteiger partial charge in [-0.15, -0.1) is 0 Å².